The summed E-state index contributed by atoms with van der Waals surface area (Å²) in [4.78, 5) is 9.73. The Bertz CT molecular complexity index is 1820. The number of methoxy groups -OCH3 is 1. The Morgan fingerprint density at radius 1 is 0.842 bits per heavy atom. The zero-order valence-electron chi connectivity index (χ0n) is 21.2. The van der Waals surface area contributed by atoms with Gasteiger partial charge >= 0.3 is 0 Å². The third-order valence-electron chi connectivity index (χ3n) is 7.06. The largest absolute Gasteiger partial charge is 0.496 e. The first-order valence-corrected chi connectivity index (χ1v) is 12.4. The van der Waals surface area contributed by atoms with Crippen molar-refractivity contribution in [2.45, 2.75) is 19.8 Å². The van der Waals surface area contributed by atoms with Gasteiger partial charge in [0.1, 0.15) is 12.1 Å². The summed E-state index contributed by atoms with van der Waals surface area (Å²) in [5.74, 6) is 2.23. The van der Waals surface area contributed by atoms with Crippen LogP contribution in [0.25, 0.3) is 22.7 Å². The fraction of sp³-hybridized carbons (Fsp3) is 0.133. The number of aryl methyl sites for hydroxylation is 2. The number of hydrogen-bond acceptors (Lipinski definition) is 6. The van der Waals surface area contributed by atoms with Crippen molar-refractivity contribution in [2.75, 3.05) is 7.11 Å². The van der Waals surface area contributed by atoms with Crippen molar-refractivity contribution in [2.24, 2.45) is 0 Å². The molecule has 3 aromatic carbocycles. The van der Waals surface area contributed by atoms with E-state index in [9.17, 15) is 0 Å². The third-order valence-corrected chi connectivity index (χ3v) is 7.06. The van der Waals surface area contributed by atoms with E-state index in [0.717, 1.165) is 44.9 Å². The van der Waals surface area contributed by atoms with Crippen LogP contribution in [0.15, 0.2) is 85.2 Å². The van der Waals surface area contributed by atoms with Crippen molar-refractivity contribution in [3.05, 3.63) is 113 Å². The average Bonchev–Trinajstić information content (AvgIpc) is 3.54. The Hall–Kier alpha value is -4.98. The SMILES string of the molecule is COc1ccccc1[C@H]1c2c(C)nn(-c3ccccc3)c2Oc2ncn3nc(-c4ccccc4C)nc3c21. The Kier molecular flexibility index (Phi) is 5.00. The molecule has 8 nitrogen and oxygen atoms in total. The molecule has 0 unspecified atom stereocenters. The standard InChI is InChI=1S/C30H24N6O2/c1-18-11-7-8-14-21(18)27-32-28-26-25(22-15-9-10-16-23(22)37-3)24-19(2)33-36(20-12-5-4-6-13-20)30(24)38-29(26)31-17-35(28)34-27/h4-17,25H,1-3H3/t25-/m0/s1. The van der Waals surface area contributed by atoms with Crippen LogP contribution in [-0.2, 0) is 0 Å². The molecule has 7 rings (SSSR count). The highest BCUT2D eigenvalue weighted by Crippen LogP contribution is 2.51. The number of rotatable bonds is 4. The van der Waals surface area contributed by atoms with Crippen molar-refractivity contribution in [1.29, 1.82) is 0 Å². The van der Waals surface area contributed by atoms with Crippen LogP contribution in [0.1, 0.15) is 33.9 Å². The van der Waals surface area contributed by atoms with E-state index >= 15 is 0 Å². The summed E-state index contributed by atoms with van der Waals surface area (Å²) in [6.07, 6.45) is 1.66. The van der Waals surface area contributed by atoms with Crippen LogP contribution in [0.2, 0.25) is 0 Å². The Morgan fingerprint density at radius 2 is 1.61 bits per heavy atom. The molecular weight excluding hydrogens is 476 g/mol. The molecule has 0 N–H and O–H groups in total. The summed E-state index contributed by atoms with van der Waals surface area (Å²) in [7, 11) is 1.69. The van der Waals surface area contributed by atoms with E-state index in [0.29, 0.717) is 23.2 Å². The monoisotopic (exact) mass is 500 g/mol. The van der Waals surface area contributed by atoms with E-state index in [4.69, 9.17) is 29.6 Å². The van der Waals surface area contributed by atoms with Crippen LogP contribution in [0.4, 0.5) is 0 Å². The molecule has 0 amide bonds. The van der Waals surface area contributed by atoms with Gasteiger partial charge in [-0.05, 0) is 37.6 Å². The predicted octanol–water partition coefficient (Wildman–Crippen LogP) is 5.89. The normalized spacial score (nSPS) is 14.1. The highest BCUT2D eigenvalue weighted by molar-refractivity contribution is 5.70. The molecule has 8 heteroatoms. The average molecular weight is 501 g/mol. The van der Waals surface area contributed by atoms with E-state index in [1.165, 1.54) is 0 Å². The zero-order chi connectivity index (χ0) is 25.8. The van der Waals surface area contributed by atoms with Crippen molar-refractivity contribution in [3.8, 4) is 34.6 Å². The van der Waals surface area contributed by atoms with Gasteiger partial charge in [0.05, 0.1) is 35.5 Å². The van der Waals surface area contributed by atoms with Crippen molar-refractivity contribution in [1.82, 2.24) is 29.4 Å². The van der Waals surface area contributed by atoms with Gasteiger partial charge in [-0.3, -0.25) is 0 Å². The van der Waals surface area contributed by atoms with Crippen LogP contribution >= 0.6 is 0 Å². The van der Waals surface area contributed by atoms with E-state index in [-0.39, 0.29) is 5.92 Å². The summed E-state index contributed by atoms with van der Waals surface area (Å²) < 4.78 is 15.9. The molecule has 0 saturated carbocycles. The van der Waals surface area contributed by atoms with E-state index in [1.54, 1.807) is 18.0 Å². The first-order chi connectivity index (χ1) is 18.6. The smallest absolute Gasteiger partial charge is 0.230 e. The van der Waals surface area contributed by atoms with Gasteiger partial charge in [-0.25, -0.2) is 19.2 Å². The number of aromatic nitrogens is 6. The molecule has 4 heterocycles. The number of hydrogen-bond donors (Lipinski definition) is 0. The van der Waals surface area contributed by atoms with Crippen LogP contribution in [-0.4, -0.2) is 36.5 Å². The lowest BCUT2D eigenvalue weighted by Crippen LogP contribution is -2.16. The molecule has 1 aliphatic rings. The van der Waals surface area contributed by atoms with E-state index < -0.39 is 0 Å². The maximum absolute atomic E-state index is 6.52. The maximum Gasteiger partial charge on any atom is 0.230 e. The fourth-order valence-electron chi connectivity index (χ4n) is 5.28. The topological polar surface area (TPSA) is 79.4 Å². The summed E-state index contributed by atoms with van der Waals surface area (Å²) in [6.45, 7) is 4.06. The highest BCUT2D eigenvalue weighted by Gasteiger charge is 2.39. The van der Waals surface area contributed by atoms with Gasteiger partial charge in [0.25, 0.3) is 0 Å². The van der Waals surface area contributed by atoms with Gasteiger partial charge in [-0.15, -0.1) is 5.10 Å². The maximum atomic E-state index is 6.52. The first-order valence-electron chi connectivity index (χ1n) is 12.4. The molecule has 0 aliphatic carbocycles. The van der Waals surface area contributed by atoms with Crippen LogP contribution in [0.5, 0.6) is 17.5 Å². The van der Waals surface area contributed by atoms with Gasteiger partial charge in [0.15, 0.2) is 11.5 Å². The highest BCUT2D eigenvalue weighted by atomic mass is 16.5. The number of fused-ring (bicyclic) bond motifs is 4. The molecule has 0 spiro atoms. The summed E-state index contributed by atoms with van der Waals surface area (Å²) in [5.41, 5.74) is 7.27. The van der Waals surface area contributed by atoms with Crippen molar-refractivity contribution >= 4 is 5.65 Å². The second-order valence-electron chi connectivity index (χ2n) is 9.31. The molecule has 0 fully saturated rings. The second kappa shape index (κ2) is 8.55. The molecule has 1 aliphatic heterocycles. The quantitative estimate of drug-likeness (QED) is 0.300. The Morgan fingerprint density at radius 3 is 2.42 bits per heavy atom. The van der Waals surface area contributed by atoms with Crippen LogP contribution in [0, 0.1) is 13.8 Å². The molecule has 3 aromatic heterocycles. The van der Waals surface area contributed by atoms with Gasteiger partial charge in [-0.2, -0.15) is 5.10 Å². The lowest BCUT2D eigenvalue weighted by Gasteiger charge is -2.27. The van der Waals surface area contributed by atoms with Crippen LogP contribution < -0.4 is 9.47 Å². The molecule has 0 radical (unpaired) electrons. The molecule has 186 valence electrons. The van der Waals surface area contributed by atoms with E-state index in [2.05, 4.69) is 19.1 Å². The number of ether oxygens (including phenoxy) is 2. The molecule has 1 atom stereocenters. The number of nitrogens with zero attached hydrogens (tertiary/aromatic N) is 6. The minimum absolute atomic E-state index is 0.285. The summed E-state index contributed by atoms with van der Waals surface area (Å²) in [5, 5.41) is 9.69. The molecule has 0 saturated heterocycles. The van der Waals surface area contributed by atoms with Gasteiger partial charge in [0.2, 0.25) is 11.8 Å². The van der Waals surface area contributed by atoms with Gasteiger partial charge < -0.3 is 9.47 Å². The Labute approximate surface area is 219 Å². The number of benzene rings is 3. The minimum atomic E-state index is -0.285. The second-order valence-corrected chi connectivity index (χ2v) is 9.31. The molecule has 6 aromatic rings. The lowest BCUT2D eigenvalue weighted by molar-refractivity contribution is 0.393. The Balaban J connectivity index is 1.52. The van der Waals surface area contributed by atoms with Crippen molar-refractivity contribution in [3.63, 3.8) is 0 Å². The fourth-order valence-corrected chi connectivity index (χ4v) is 5.28. The van der Waals surface area contributed by atoms with Crippen molar-refractivity contribution < 1.29 is 9.47 Å². The zero-order valence-corrected chi connectivity index (χ0v) is 21.2. The molecule has 38 heavy (non-hydrogen) atoms. The summed E-state index contributed by atoms with van der Waals surface area (Å²) >= 11 is 0. The third kappa shape index (κ3) is 3.30. The lowest BCUT2D eigenvalue weighted by atomic mass is 9.84. The summed E-state index contributed by atoms with van der Waals surface area (Å²) in [6, 6.07) is 26.1. The predicted molar refractivity (Wildman–Crippen MR) is 143 cm³/mol. The first kappa shape index (κ1) is 22.2. The molecular formula is C30H24N6O2. The van der Waals surface area contributed by atoms with E-state index in [1.807, 2.05) is 78.3 Å². The van der Waals surface area contributed by atoms with Gasteiger partial charge in [-0.1, -0.05) is 60.7 Å². The van der Waals surface area contributed by atoms with Crippen LogP contribution in [0.3, 0.4) is 0 Å². The minimum Gasteiger partial charge on any atom is -0.496 e. The molecule has 0 bridgehead atoms. The van der Waals surface area contributed by atoms with Gasteiger partial charge in [0, 0.05) is 11.1 Å². The number of para-hydroxylation sites is 2.